The molecule has 1 rings (SSSR count). The molecule has 13 heavy (non-hydrogen) atoms. The van der Waals surface area contributed by atoms with E-state index in [1.807, 2.05) is 13.8 Å². The zero-order valence-corrected chi connectivity index (χ0v) is 9.22. The summed E-state index contributed by atoms with van der Waals surface area (Å²) in [6.45, 7) is 5.75. The van der Waals surface area contributed by atoms with E-state index in [2.05, 4.69) is 4.98 Å². The molecule has 0 amide bonds. The van der Waals surface area contributed by atoms with Crippen molar-refractivity contribution in [2.24, 2.45) is 0 Å². The van der Waals surface area contributed by atoms with Crippen molar-refractivity contribution in [1.82, 2.24) is 4.98 Å². The molecule has 0 radical (unpaired) electrons. The second-order valence-corrected chi connectivity index (χ2v) is 4.40. The summed E-state index contributed by atoms with van der Waals surface area (Å²) in [6.07, 6.45) is 4.12. The van der Waals surface area contributed by atoms with E-state index in [4.69, 9.17) is 0 Å². The van der Waals surface area contributed by atoms with Gasteiger partial charge in [0.05, 0.1) is 4.90 Å². The molecule has 0 atom stereocenters. The van der Waals surface area contributed by atoms with Gasteiger partial charge in [-0.15, -0.1) is 0 Å². The normalized spacial score (nSPS) is 10.2. The molecule has 0 aliphatic carbocycles. The van der Waals surface area contributed by atoms with E-state index < -0.39 is 9.84 Å². The Balaban J connectivity index is 0.000000671. The van der Waals surface area contributed by atoms with Crippen molar-refractivity contribution in [2.75, 3.05) is 6.26 Å². The number of hydrogen-bond acceptors (Lipinski definition) is 3. The highest BCUT2D eigenvalue weighted by Gasteiger charge is 2.08. The van der Waals surface area contributed by atoms with E-state index in [1.165, 1.54) is 12.5 Å². The van der Waals surface area contributed by atoms with Gasteiger partial charge in [-0.1, -0.05) is 13.8 Å². The molecule has 3 nitrogen and oxygen atoms in total. The standard InChI is InChI=1S/C7H9NO2S.C2H6/c1-6-3-4-8-5-7(6)11(2,9)10;1-2/h3-5H,1-2H3;1-2H3. The molecule has 0 saturated heterocycles. The molecule has 0 spiro atoms. The van der Waals surface area contributed by atoms with Crippen LogP contribution in [0.5, 0.6) is 0 Å². The molecule has 0 aliphatic heterocycles. The average molecular weight is 201 g/mol. The fraction of sp³-hybridized carbons (Fsp3) is 0.444. The maximum Gasteiger partial charge on any atom is 0.177 e. The third kappa shape index (κ3) is 3.55. The van der Waals surface area contributed by atoms with Crippen LogP contribution in [0.3, 0.4) is 0 Å². The van der Waals surface area contributed by atoms with E-state index in [0.717, 1.165) is 5.56 Å². The third-order valence-electron chi connectivity index (χ3n) is 1.39. The Morgan fingerprint density at radius 3 is 2.15 bits per heavy atom. The van der Waals surface area contributed by atoms with E-state index in [9.17, 15) is 8.42 Å². The lowest BCUT2D eigenvalue weighted by Crippen LogP contribution is -1.99. The van der Waals surface area contributed by atoms with Crippen LogP contribution in [0.15, 0.2) is 23.4 Å². The molecule has 1 aromatic heterocycles. The maximum atomic E-state index is 11.0. The fourth-order valence-electron chi connectivity index (χ4n) is 0.838. The summed E-state index contributed by atoms with van der Waals surface area (Å²) in [5.74, 6) is 0. The molecule has 0 N–H and O–H groups in total. The first kappa shape index (κ1) is 12.1. The summed E-state index contributed by atoms with van der Waals surface area (Å²) in [5.41, 5.74) is 0.738. The summed E-state index contributed by atoms with van der Waals surface area (Å²) in [4.78, 5) is 4.04. The van der Waals surface area contributed by atoms with Gasteiger partial charge in [0.1, 0.15) is 0 Å². The van der Waals surface area contributed by atoms with Crippen LogP contribution in [0.2, 0.25) is 0 Å². The zero-order chi connectivity index (χ0) is 10.5. The van der Waals surface area contributed by atoms with Crippen LogP contribution < -0.4 is 0 Å². The zero-order valence-electron chi connectivity index (χ0n) is 8.40. The first-order valence-corrected chi connectivity index (χ1v) is 6.01. The van der Waals surface area contributed by atoms with Crippen LogP contribution in [0.4, 0.5) is 0 Å². The highest BCUT2D eigenvalue weighted by atomic mass is 32.2. The minimum Gasteiger partial charge on any atom is -0.263 e. The van der Waals surface area contributed by atoms with Gasteiger partial charge >= 0.3 is 0 Å². The maximum absolute atomic E-state index is 11.0. The largest absolute Gasteiger partial charge is 0.263 e. The molecule has 0 aliphatic rings. The predicted octanol–water partition coefficient (Wildman–Crippen LogP) is 1.82. The van der Waals surface area contributed by atoms with E-state index in [1.54, 1.807) is 19.2 Å². The summed E-state index contributed by atoms with van der Waals surface area (Å²) >= 11 is 0. The van der Waals surface area contributed by atoms with E-state index in [0.29, 0.717) is 4.90 Å². The van der Waals surface area contributed by atoms with E-state index in [-0.39, 0.29) is 0 Å². The van der Waals surface area contributed by atoms with E-state index >= 15 is 0 Å². The topological polar surface area (TPSA) is 47.0 Å². The van der Waals surface area contributed by atoms with Gasteiger partial charge in [-0.2, -0.15) is 0 Å². The van der Waals surface area contributed by atoms with Crippen LogP contribution >= 0.6 is 0 Å². The first-order chi connectivity index (χ1) is 6.02. The summed E-state index contributed by atoms with van der Waals surface area (Å²) in [6, 6.07) is 1.68. The Kier molecular flexibility index (Phi) is 4.62. The van der Waals surface area contributed by atoms with Gasteiger partial charge in [-0.3, -0.25) is 4.98 Å². The molecule has 0 fully saturated rings. The third-order valence-corrected chi connectivity index (χ3v) is 2.62. The van der Waals surface area contributed by atoms with Crippen molar-refractivity contribution < 1.29 is 8.42 Å². The van der Waals surface area contributed by atoms with Gasteiger partial charge in [-0.25, -0.2) is 8.42 Å². The number of hydrogen-bond donors (Lipinski definition) is 0. The number of aromatic nitrogens is 1. The molecule has 0 aromatic carbocycles. The Labute approximate surface area is 79.7 Å². The lowest BCUT2D eigenvalue weighted by Gasteiger charge is -1.99. The van der Waals surface area contributed by atoms with Gasteiger partial charge in [0.2, 0.25) is 0 Å². The van der Waals surface area contributed by atoms with Gasteiger partial charge in [0, 0.05) is 18.6 Å². The summed E-state index contributed by atoms with van der Waals surface area (Å²) in [5, 5.41) is 0. The monoisotopic (exact) mass is 201 g/mol. The van der Waals surface area contributed by atoms with Crippen molar-refractivity contribution in [3.05, 3.63) is 24.0 Å². The molecule has 0 bridgehead atoms. The second kappa shape index (κ2) is 4.97. The molecule has 0 saturated carbocycles. The van der Waals surface area contributed by atoms with Crippen LogP contribution in [0.1, 0.15) is 19.4 Å². The molecule has 1 heterocycles. The minimum atomic E-state index is -3.10. The van der Waals surface area contributed by atoms with Crippen molar-refractivity contribution in [1.29, 1.82) is 0 Å². The van der Waals surface area contributed by atoms with Gasteiger partial charge in [-0.05, 0) is 18.6 Å². The van der Waals surface area contributed by atoms with Crippen LogP contribution in [-0.4, -0.2) is 19.7 Å². The second-order valence-electron chi connectivity index (χ2n) is 2.41. The SMILES string of the molecule is CC.Cc1ccncc1S(C)(=O)=O. The van der Waals surface area contributed by atoms with Crippen molar-refractivity contribution in [2.45, 2.75) is 25.7 Å². The molecular formula is C9H15NO2S. The molecule has 1 aromatic rings. The number of sulfone groups is 1. The van der Waals surface area contributed by atoms with Crippen LogP contribution in [-0.2, 0) is 9.84 Å². The number of nitrogens with zero attached hydrogens (tertiary/aromatic N) is 1. The summed E-state index contributed by atoms with van der Waals surface area (Å²) < 4.78 is 22.0. The Morgan fingerprint density at radius 1 is 1.31 bits per heavy atom. The van der Waals surface area contributed by atoms with Crippen molar-refractivity contribution in [3.8, 4) is 0 Å². The Hall–Kier alpha value is -0.900. The van der Waals surface area contributed by atoms with Gasteiger partial charge in [0.15, 0.2) is 9.84 Å². The quantitative estimate of drug-likeness (QED) is 0.696. The number of aryl methyl sites for hydroxylation is 1. The molecular weight excluding hydrogens is 186 g/mol. The Morgan fingerprint density at radius 2 is 1.85 bits per heavy atom. The Bertz CT molecular complexity index is 358. The lowest BCUT2D eigenvalue weighted by molar-refractivity contribution is 0.601. The van der Waals surface area contributed by atoms with Crippen LogP contribution in [0, 0.1) is 6.92 Å². The fourth-order valence-corrected chi connectivity index (χ4v) is 1.74. The number of pyridine rings is 1. The van der Waals surface area contributed by atoms with Gasteiger partial charge in [0.25, 0.3) is 0 Å². The average Bonchev–Trinajstić information content (AvgIpc) is 2.07. The van der Waals surface area contributed by atoms with Crippen molar-refractivity contribution in [3.63, 3.8) is 0 Å². The highest BCUT2D eigenvalue weighted by molar-refractivity contribution is 7.90. The molecule has 74 valence electrons. The first-order valence-electron chi connectivity index (χ1n) is 4.12. The smallest absolute Gasteiger partial charge is 0.177 e. The molecule has 4 heteroatoms. The highest BCUT2D eigenvalue weighted by Crippen LogP contribution is 2.11. The lowest BCUT2D eigenvalue weighted by atomic mass is 10.3. The summed E-state index contributed by atoms with van der Waals surface area (Å²) in [7, 11) is -3.10. The van der Waals surface area contributed by atoms with Gasteiger partial charge < -0.3 is 0 Å². The minimum absolute atomic E-state index is 0.306. The van der Waals surface area contributed by atoms with Crippen molar-refractivity contribution >= 4 is 9.84 Å². The number of rotatable bonds is 1. The predicted molar refractivity (Wildman–Crippen MR) is 53.4 cm³/mol. The molecule has 0 unspecified atom stereocenters. The van der Waals surface area contributed by atoms with Crippen LogP contribution in [0.25, 0.3) is 0 Å².